The number of rotatable bonds is 4. The molecule has 4 nitrogen and oxygen atoms in total. The number of aryl methyl sites for hydroxylation is 2. The lowest BCUT2D eigenvalue weighted by molar-refractivity contribution is -0.160. The minimum atomic E-state index is -0.549. The molecular weight excluding hydrogens is 372 g/mol. The molecule has 1 atom stereocenters. The van der Waals surface area contributed by atoms with Crippen molar-refractivity contribution in [3.63, 3.8) is 0 Å². The fraction of sp³-hybridized carbons (Fsp3) is 0.462. The van der Waals surface area contributed by atoms with E-state index in [-0.39, 0.29) is 24.4 Å². The van der Waals surface area contributed by atoms with E-state index in [0.717, 1.165) is 42.4 Å². The maximum Gasteiger partial charge on any atom is 0.250 e. The number of amides is 2. The minimum absolute atomic E-state index is 0.0411. The van der Waals surface area contributed by atoms with Crippen molar-refractivity contribution in [3.8, 4) is 0 Å². The quantitative estimate of drug-likeness (QED) is 0.735. The summed E-state index contributed by atoms with van der Waals surface area (Å²) >= 11 is 0. The van der Waals surface area contributed by atoms with Crippen LogP contribution in [0.15, 0.2) is 48.5 Å². The Kier molecular flexibility index (Phi) is 5.94. The van der Waals surface area contributed by atoms with E-state index < -0.39 is 6.04 Å². The van der Waals surface area contributed by atoms with Gasteiger partial charge in [0.2, 0.25) is 5.91 Å². The van der Waals surface area contributed by atoms with E-state index >= 15 is 0 Å². The van der Waals surface area contributed by atoms with Gasteiger partial charge < -0.3 is 9.80 Å². The van der Waals surface area contributed by atoms with Crippen LogP contribution in [-0.2, 0) is 16.1 Å². The molecule has 0 radical (unpaired) electrons. The lowest BCUT2D eigenvalue weighted by Crippen LogP contribution is -2.58. The van der Waals surface area contributed by atoms with E-state index in [0.29, 0.717) is 12.5 Å². The third-order valence-electron chi connectivity index (χ3n) is 6.75. The molecule has 2 amide bonds. The molecule has 0 spiro atoms. The van der Waals surface area contributed by atoms with Gasteiger partial charge in [-0.05, 0) is 56.6 Å². The number of hydrogen-bond acceptors (Lipinski definition) is 2. The molecular formula is C26H32N2O2. The first kappa shape index (κ1) is 20.6. The van der Waals surface area contributed by atoms with Gasteiger partial charge >= 0.3 is 0 Å². The number of carbonyl (C=O) groups is 2. The molecule has 1 aliphatic carbocycles. The van der Waals surface area contributed by atoms with Crippen molar-refractivity contribution in [1.29, 1.82) is 0 Å². The Balaban J connectivity index is 1.65. The third kappa shape index (κ3) is 4.28. The van der Waals surface area contributed by atoms with E-state index in [2.05, 4.69) is 26.0 Å². The summed E-state index contributed by atoms with van der Waals surface area (Å²) in [5.74, 6) is 0.826. The first-order chi connectivity index (χ1) is 14.4. The highest BCUT2D eigenvalue weighted by molar-refractivity contribution is 5.95. The van der Waals surface area contributed by atoms with Crippen molar-refractivity contribution in [3.05, 3.63) is 70.8 Å². The van der Waals surface area contributed by atoms with Crippen LogP contribution < -0.4 is 0 Å². The van der Waals surface area contributed by atoms with Crippen molar-refractivity contribution in [2.75, 3.05) is 6.54 Å². The summed E-state index contributed by atoms with van der Waals surface area (Å²) in [5, 5.41) is 0. The summed E-state index contributed by atoms with van der Waals surface area (Å²) in [5.41, 5.74) is 4.29. The van der Waals surface area contributed by atoms with Gasteiger partial charge in [0, 0.05) is 12.6 Å². The molecule has 0 aromatic heterocycles. The Bertz CT molecular complexity index is 896. The number of nitrogens with zero attached hydrogens (tertiary/aromatic N) is 2. The predicted molar refractivity (Wildman–Crippen MR) is 119 cm³/mol. The summed E-state index contributed by atoms with van der Waals surface area (Å²) in [6.45, 7) is 7.03. The average Bonchev–Trinajstić information content (AvgIpc) is 2.74. The molecule has 4 heteroatoms. The van der Waals surface area contributed by atoms with Crippen LogP contribution in [0.25, 0.3) is 0 Å². The van der Waals surface area contributed by atoms with Crippen molar-refractivity contribution >= 4 is 11.8 Å². The smallest absolute Gasteiger partial charge is 0.250 e. The van der Waals surface area contributed by atoms with Crippen LogP contribution in [0.2, 0.25) is 0 Å². The van der Waals surface area contributed by atoms with Crippen LogP contribution in [0, 0.1) is 19.8 Å². The number of hydrogen-bond donors (Lipinski definition) is 0. The maximum atomic E-state index is 13.7. The van der Waals surface area contributed by atoms with E-state index in [4.69, 9.17) is 0 Å². The van der Waals surface area contributed by atoms with Crippen LogP contribution in [-0.4, -0.2) is 34.2 Å². The van der Waals surface area contributed by atoms with Gasteiger partial charge in [0.05, 0.1) is 0 Å². The van der Waals surface area contributed by atoms with Crippen molar-refractivity contribution in [2.24, 2.45) is 5.92 Å². The molecule has 2 aliphatic rings. The largest absolute Gasteiger partial charge is 0.328 e. The van der Waals surface area contributed by atoms with Gasteiger partial charge in [-0.1, -0.05) is 66.6 Å². The fourth-order valence-electron chi connectivity index (χ4n) is 4.75. The highest BCUT2D eigenvalue weighted by atomic mass is 16.2. The zero-order chi connectivity index (χ0) is 21.3. The second-order valence-corrected chi connectivity index (χ2v) is 9.20. The normalized spacial score (nSPS) is 25.0. The summed E-state index contributed by atoms with van der Waals surface area (Å²) in [7, 11) is 0. The Hall–Kier alpha value is -2.62. The minimum Gasteiger partial charge on any atom is -0.328 e. The Morgan fingerprint density at radius 3 is 2.00 bits per heavy atom. The second-order valence-electron chi connectivity index (χ2n) is 9.20. The molecule has 2 aromatic carbocycles. The standard InChI is InChI=1S/C26H32N2O2/c1-18-4-10-21(11-5-18)16-28-24(29)17-27(23-14-8-20(3)9-15-23)26(30)25(28)22-12-6-19(2)7-13-22/h4-7,10-13,20,23,25H,8-9,14-17H2,1-3H3/t20?,23?,25-/m1/s1. The van der Waals surface area contributed by atoms with Crippen LogP contribution >= 0.6 is 0 Å². The zero-order valence-corrected chi connectivity index (χ0v) is 18.3. The van der Waals surface area contributed by atoms with Gasteiger partial charge in [-0.25, -0.2) is 0 Å². The maximum absolute atomic E-state index is 13.7. The SMILES string of the molecule is Cc1ccc(CN2C(=O)CN(C3CCC(C)CC3)C(=O)[C@H]2c2ccc(C)cc2)cc1. The fourth-order valence-corrected chi connectivity index (χ4v) is 4.75. The number of carbonyl (C=O) groups excluding carboxylic acids is 2. The number of piperazine rings is 1. The van der Waals surface area contributed by atoms with Crippen LogP contribution in [0.3, 0.4) is 0 Å². The van der Waals surface area contributed by atoms with E-state index in [1.807, 2.05) is 48.2 Å². The summed E-state index contributed by atoms with van der Waals surface area (Å²) in [6, 6.07) is 15.9. The van der Waals surface area contributed by atoms with Crippen molar-refractivity contribution in [2.45, 2.75) is 65.1 Å². The molecule has 1 aliphatic heterocycles. The van der Waals surface area contributed by atoms with E-state index in [9.17, 15) is 9.59 Å². The molecule has 4 rings (SSSR count). The molecule has 0 N–H and O–H groups in total. The average molecular weight is 405 g/mol. The molecule has 0 bridgehead atoms. The lowest BCUT2D eigenvalue weighted by Gasteiger charge is -2.45. The molecule has 2 aromatic rings. The summed E-state index contributed by atoms with van der Waals surface area (Å²) in [4.78, 5) is 30.7. The molecule has 2 fully saturated rings. The molecule has 1 saturated carbocycles. The Labute approximate surface area is 179 Å². The Morgan fingerprint density at radius 2 is 1.40 bits per heavy atom. The van der Waals surface area contributed by atoms with Gasteiger partial charge in [-0.15, -0.1) is 0 Å². The lowest BCUT2D eigenvalue weighted by atomic mass is 9.85. The van der Waals surface area contributed by atoms with Crippen molar-refractivity contribution < 1.29 is 9.59 Å². The highest BCUT2D eigenvalue weighted by Gasteiger charge is 2.43. The topological polar surface area (TPSA) is 40.6 Å². The Morgan fingerprint density at radius 1 is 0.833 bits per heavy atom. The number of benzene rings is 2. The first-order valence-electron chi connectivity index (χ1n) is 11.1. The van der Waals surface area contributed by atoms with E-state index in [1.54, 1.807) is 4.90 Å². The molecule has 0 unspecified atom stereocenters. The van der Waals surface area contributed by atoms with Gasteiger partial charge in [-0.3, -0.25) is 9.59 Å². The van der Waals surface area contributed by atoms with Crippen LogP contribution in [0.4, 0.5) is 0 Å². The summed E-state index contributed by atoms with van der Waals surface area (Å²) in [6.07, 6.45) is 4.26. The molecule has 158 valence electrons. The van der Waals surface area contributed by atoms with Gasteiger partial charge in [0.1, 0.15) is 12.6 Å². The van der Waals surface area contributed by atoms with Crippen LogP contribution in [0.1, 0.15) is 60.9 Å². The highest BCUT2D eigenvalue weighted by Crippen LogP contribution is 2.34. The third-order valence-corrected chi connectivity index (χ3v) is 6.75. The molecule has 30 heavy (non-hydrogen) atoms. The summed E-state index contributed by atoms with van der Waals surface area (Å²) < 4.78 is 0. The monoisotopic (exact) mass is 404 g/mol. The molecule has 1 saturated heterocycles. The first-order valence-corrected chi connectivity index (χ1v) is 11.1. The van der Waals surface area contributed by atoms with Crippen molar-refractivity contribution in [1.82, 2.24) is 9.80 Å². The molecule has 1 heterocycles. The van der Waals surface area contributed by atoms with Gasteiger partial charge in [-0.2, -0.15) is 0 Å². The van der Waals surface area contributed by atoms with Gasteiger partial charge in [0.25, 0.3) is 5.91 Å². The van der Waals surface area contributed by atoms with Crippen LogP contribution in [0.5, 0.6) is 0 Å². The predicted octanol–water partition coefficient (Wildman–Crippen LogP) is 4.79. The van der Waals surface area contributed by atoms with E-state index in [1.165, 1.54) is 5.56 Å². The zero-order valence-electron chi connectivity index (χ0n) is 18.3. The second kappa shape index (κ2) is 8.63. The van der Waals surface area contributed by atoms with Gasteiger partial charge in [0.15, 0.2) is 0 Å².